The van der Waals surface area contributed by atoms with E-state index in [2.05, 4.69) is 10.4 Å². The fourth-order valence-electron chi connectivity index (χ4n) is 3.82. The third-order valence-corrected chi connectivity index (χ3v) is 6.68. The molecular weight excluding hydrogens is 514 g/mol. The molecule has 0 unspecified atom stereocenters. The molecule has 5 aromatic rings. The van der Waals surface area contributed by atoms with E-state index in [9.17, 15) is 14.4 Å². The van der Waals surface area contributed by atoms with Crippen LogP contribution in [0.15, 0.2) is 76.9 Å². The summed E-state index contributed by atoms with van der Waals surface area (Å²) in [7, 11) is 0. The van der Waals surface area contributed by atoms with Crippen LogP contribution in [0.25, 0.3) is 27.2 Å². The smallest absolute Gasteiger partial charge is 0.359 e. The highest BCUT2D eigenvalue weighted by molar-refractivity contribution is 7.16. The Morgan fingerprint density at radius 1 is 1.05 bits per heavy atom. The predicted molar refractivity (Wildman–Crippen MR) is 144 cm³/mol. The van der Waals surface area contributed by atoms with Crippen LogP contribution in [0.2, 0.25) is 5.02 Å². The quantitative estimate of drug-likeness (QED) is 0.279. The van der Waals surface area contributed by atoms with Crippen molar-refractivity contribution < 1.29 is 19.1 Å². The maximum atomic E-state index is 13.5. The summed E-state index contributed by atoms with van der Waals surface area (Å²) in [6.07, 6.45) is 0. The highest BCUT2D eigenvalue weighted by atomic mass is 35.5. The molecule has 1 N–H and O–H groups in total. The van der Waals surface area contributed by atoms with Crippen LogP contribution in [-0.4, -0.2) is 34.9 Å². The van der Waals surface area contributed by atoms with Crippen LogP contribution in [0, 0.1) is 0 Å². The number of rotatable bonds is 7. The van der Waals surface area contributed by atoms with E-state index in [-0.39, 0.29) is 29.3 Å². The van der Waals surface area contributed by atoms with Crippen molar-refractivity contribution in [2.45, 2.75) is 6.92 Å². The molecule has 0 aliphatic heterocycles. The Labute approximate surface area is 220 Å². The van der Waals surface area contributed by atoms with Gasteiger partial charge in [0.25, 0.3) is 11.5 Å². The summed E-state index contributed by atoms with van der Waals surface area (Å²) in [5.41, 5.74) is -0.127. The number of anilines is 1. The molecule has 8 nitrogen and oxygen atoms in total. The maximum Gasteiger partial charge on any atom is 0.359 e. The largest absolute Gasteiger partial charge is 0.484 e. The number of benzene rings is 3. The van der Waals surface area contributed by atoms with Gasteiger partial charge >= 0.3 is 5.97 Å². The Morgan fingerprint density at radius 2 is 1.81 bits per heavy atom. The summed E-state index contributed by atoms with van der Waals surface area (Å²) in [6.45, 7) is 1.56. The number of nitrogens with zero attached hydrogens (tertiary/aromatic N) is 2. The summed E-state index contributed by atoms with van der Waals surface area (Å²) in [6, 6.07) is 19.8. The van der Waals surface area contributed by atoms with Gasteiger partial charge in [-0.05, 0) is 54.1 Å². The summed E-state index contributed by atoms with van der Waals surface area (Å²) < 4.78 is 11.9. The minimum Gasteiger partial charge on any atom is -0.484 e. The predicted octanol–water partition coefficient (Wildman–Crippen LogP) is 5.45. The van der Waals surface area contributed by atoms with E-state index in [1.807, 2.05) is 36.4 Å². The number of nitrogens with one attached hydrogen (secondary N) is 1. The minimum absolute atomic E-state index is 0.0319. The second kappa shape index (κ2) is 10.4. The van der Waals surface area contributed by atoms with Crippen LogP contribution in [-0.2, 0) is 9.53 Å². The van der Waals surface area contributed by atoms with Gasteiger partial charge in [-0.25, -0.2) is 4.79 Å². The first kappa shape index (κ1) is 24.5. The Hall–Kier alpha value is -4.21. The molecule has 1 amide bonds. The van der Waals surface area contributed by atoms with E-state index in [0.717, 1.165) is 26.8 Å². The number of carbonyl (C=O) groups is 2. The minimum atomic E-state index is -0.675. The van der Waals surface area contributed by atoms with Gasteiger partial charge in [-0.2, -0.15) is 9.78 Å². The number of aromatic nitrogens is 2. The van der Waals surface area contributed by atoms with Crippen molar-refractivity contribution >= 4 is 61.4 Å². The van der Waals surface area contributed by atoms with Gasteiger partial charge in [0.05, 0.1) is 17.7 Å². The number of hydrogen-bond donors (Lipinski definition) is 1. The molecule has 0 saturated carbocycles. The average Bonchev–Trinajstić information content (AvgIpc) is 3.32. The first-order valence-corrected chi connectivity index (χ1v) is 12.6. The van der Waals surface area contributed by atoms with E-state index < -0.39 is 17.4 Å². The topological polar surface area (TPSA) is 99.5 Å². The number of esters is 1. The van der Waals surface area contributed by atoms with Crippen LogP contribution in [0.1, 0.15) is 17.4 Å². The third-order valence-electron chi connectivity index (χ3n) is 5.54. The molecule has 0 saturated heterocycles. The average molecular weight is 534 g/mol. The SMILES string of the molecule is CCOC(=O)c1nn(-c2ccc(Cl)cc2)c(=O)c2c(NC(=O)COc3ccc4ccccc4c3)scc12. The van der Waals surface area contributed by atoms with Crippen LogP contribution in [0.4, 0.5) is 5.00 Å². The lowest BCUT2D eigenvalue weighted by Gasteiger charge is -2.10. The Morgan fingerprint density at radius 3 is 2.57 bits per heavy atom. The van der Waals surface area contributed by atoms with E-state index in [0.29, 0.717) is 21.8 Å². The fourth-order valence-corrected chi connectivity index (χ4v) is 4.90. The first-order valence-electron chi connectivity index (χ1n) is 11.3. The normalized spacial score (nSPS) is 11.0. The fraction of sp³-hybridized carbons (Fsp3) is 0.111. The number of hydrogen-bond acceptors (Lipinski definition) is 7. The second-order valence-electron chi connectivity index (χ2n) is 7.96. The lowest BCUT2D eigenvalue weighted by atomic mass is 10.1. The van der Waals surface area contributed by atoms with Crippen LogP contribution in [0.3, 0.4) is 0 Å². The van der Waals surface area contributed by atoms with Crippen molar-refractivity contribution in [3.05, 3.63) is 93.2 Å². The second-order valence-corrected chi connectivity index (χ2v) is 9.28. The Bertz CT molecular complexity index is 1690. The van der Waals surface area contributed by atoms with Gasteiger partial charge in [0, 0.05) is 15.8 Å². The molecule has 0 spiro atoms. The van der Waals surface area contributed by atoms with E-state index in [4.69, 9.17) is 21.1 Å². The number of amides is 1. The molecule has 3 aromatic carbocycles. The van der Waals surface area contributed by atoms with Gasteiger partial charge in [-0.15, -0.1) is 11.3 Å². The number of fused-ring (bicyclic) bond motifs is 2. The van der Waals surface area contributed by atoms with E-state index in [1.54, 1.807) is 42.6 Å². The van der Waals surface area contributed by atoms with Crippen LogP contribution < -0.4 is 15.6 Å². The van der Waals surface area contributed by atoms with Crippen molar-refractivity contribution in [1.82, 2.24) is 9.78 Å². The zero-order valence-electron chi connectivity index (χ0n) is 19.6. The molecule has 0 bridgehead atoms. The molecule has 2 aromatic heterocycles. The molecule has 5 rings (SSSR count). The Balaban J connectivity index is 1.46. The summed E-state index contributed by atoms with van der Waals surface area (Å²) in [4.78, 5) is 38.9. The monoisotopic (exact) mass is 533 g/mol. The standard InChI is InChI=1S/C27H20ClN3O5S/c1-2-35-27(34)24-21-15-37-25(23(21)26(33)31(30-24)19-10-8-18(28)9-11-19)29-22(32)14-36-20-12-7-16-5-3-4-6-17(16)13-20/h3-13,15H,2,14H2,1H3,(H,29,32). The maximum absolute atomic E-state index is 13.5. The number of carbonyl (C=O) groups excluding carboxylic acids is 2. The molecule has 10 heteroatoms. The molecule has 0 aliphatic carbocycles. The molecule has 0 atom stereocenters. The summed E-state index contributed by atoms with van der Waals surface area (Å²) >= 11 is 7.10. The third kappa shape index (κ3) is 5.04. The lowest BCUT2D eigenvalue weighted by Crippen LogP contribution is -2.26. The first-order chi connectivity index (χ1) is 17.9. The summed E-state index contributed by atoms with van der Waals surface area (Å²) in [5, 5.41) is 11.9. The van der Waals surface area contributed by atoms with Crippen molar-refractivity contribution in [1.29, 1.82) is 0 Å². The van der Waals surface area contributed by atoms with Crippen molar-refractivity contribution in [2.24, 2.45) is 0 Å². The van der Waals surface area contributed by atoms with Gasteiger partial charge in [-0.1, -0.05) is 41.9 Å². The van der Waals surface area contributed by atoms with Crippen LogP contribution in [0.5, 0.6) is 5.75 Å². The number of halogens is 1. The molecule has 2 heterocycles. The molecular formula is C27H20ClN3O5S. The zero-order chi connectivity index (χ0) is 25.9. The lowest BCUT2D eigenvalue weighted by molar-refractivity contribution is -0.118. The summed E-state index contributed by atoms with van der Waals surface area (Å²) in [5.74, 6) is -0.585. The van der Waals surface area contributed by atoms with Gasteiger partial charge in [0.1, 0.15) is 10.8 Å². The van der Waals surface area contributed by atoms with Crippen molar-refractivity contribution in [2.75, 3.05) is 18.5 Å². The molecule has 0 fully saturated rings. The van der Waals surface area contributed by atoms with Gasteiger partial charge < -0.3 is 14.8 Å². The van der Waals surface area contributed by atoms with Crippen molar-refractivity contribution in [3.8, 4) is 11.4 Å². The Kier molecular flexibility index (Phi) is 6.89. The van der Waals surface area contributed by atoms with E-state index in [1.165, 1.54) is 0 Å². The highest BCUT2D eigenvalue weighted by Gasteiger charge is 2.23. The molecule has 0 aliphatic rings. The van der Waals surface area contributed by atoms with Gasteiger partial charge in [-0.3, -0.25) is 9.59 Å². The van der Waals surface area contributed by atoms with Gasteiger partial charge in [0.15, 0.2) is 12.3 Å². The highest BCUT2D eigenvalue weighted by Crippen LogP contribution is 2.31. The molecule has 186 valence electrons. The molecule has 37 heavy (non-hydrogen) atoms. The molecule has 0 radical (unpaired) electrons. The number of thiophene rings is 1. The number of ether oxygens (including phenoxy) is 2. The zero-order valence-corrected chi connectivity index (χ0v) is 21.1. The van der Waals surface area contributed by atoms with Crippen LogP contribution >= 0.6 is 22.9 Å². The van der Waals surface area contributed by atoms with Gasteiger partial charge in [0.2, 0.25) is 0 Å². The van der Waals surface area contributed by atoms with E-state index >= 15 is 0 Å². The van der Waals surface area contributed by atoms with Crippen molar-refractivity contribution in [3.63, 3.8) is 0 Å².